The van der Waals surface area contributed by atoms with Crippen LogP contribution in [0.1, 0.15) is 44.9 Å². The molecule has 4 aliphatic rings. The van der Waals surface area contributed by atoms with Crippen molar-refractivity contribution in [3.05, 3.63) is 0 Å². The maximum Gasteiger partial charge on any atom is 0.236 e. The van der Waals surface area contributed by atoms with Crippen molar-refractivity contribution >= 4 is 30.1 Å². The van der Waals surface area contributed by atoms with Crippen molar-refractivity contribution in [2.45, 2.75) is 57.0 Å². The van der Waals surface area contributed by atoms with Gasteiger partial charge in [0.25, 0.3) is 0 Å². The molecule has 1 saturated carbocycles. The number of hydrogen-bond donors (Lipinski definition) is 1. The number of rotatable bonds is 3. The second-order valence-corrected chi connectivity index (χ2v) is 8.23. The summed E-state index contributed by atoms with van der Waals surface area (Å²) < 4.78 is 0. The van der Waals surface area contributed by atoms with Crippen LogP contribution in [0.3, 0.4) is 0 Å². The number of carbonyl (C=O) groups excluding carboxylic acids is 3. The van der Waals surface area contributed by atoms with E-state index in [1.165, 1.54) is 12.8 Å². The highest BCUT2D eigenvalue weighted by Crippen LogP contribution is 2.31. The van der Waals surface area contributed by atoms with Crippen molar-refractivity contribution in [3.8, 4) is 0 Å². The van der Waals surface area contributed by atoms with E-state index in [2.05, 4.69) is 5.32 Å². The Morgan fingerprint density at radius 2 is 1.63 bits per heavy atom. The molecule has 0 aromatic rings. The van der Waals surface area contributed by atoms with E-state index < -0.39 is 0 Å². The second kappa shape index (κ2) is 8.78. The number of nitrogens with one attached hydrogen (secondary N) is 1. The number of nitrogens with zero attached hydrogens (tertiary/aromatic N) is 3. The summed E-state index contributed by atoms with van der Waals surface area (Å²) in [4.78, 5) is 43.5. The molecule has 4 fully saturated rings. The summed E-state index contributed by atoms with van der Waals surface area (Å²) in [7, 11) is 0. The molecule has 152 valence electrons. The number of halogens is 1. The SMILES string of the molecule is Cl.O=C(C1CC(=O)N(C2CCCC2)C1)N1CCCC(N2CCNCC2=O)C1. The first-order valence-electron chi connectivity index (χ1n) is 10.2. The highest BCUT2D eigenvalue weighted by atomic mass is 35.5. The van der Waals surface area contributed by atoms with Crippen LogP contribution >= 0.6 is 12.4 Å². The maximum absolute atomic E-state index is 13.0. The number of amides is 3. The van der Waals surface area contributed by atoms with Gasteiger partial charge in [0.15, 0.2) is 0 Å². The van der Waals surface area contributed by atoms with E-state index in [0.717, 1.165) is 45.3 Å². The summed E-state index contributed by atoms with van der Waals surface area (Å²) in [6.45, 7) is 3.92. The van der Waals surface area contributed by atoms with Crippen molar-refractivity contribution in [1.29, 1.82) is 0 Å². The molecule has 27 heavy (non-hydrogen) atoms. The number of likely N-dealkylation sites (tertiary alicyclic amines) is 2. The summed E-state index contributed by atoms with van der Waals surface area (Å²) >= 11 is 0. The minimum atomic E-state index is -0.194. The van der Waals surface area contributed by atoms with E-state index in [1.54, 1.807) is 0 Å². The van der Waals surface area contributed by atoms with Crippen molar-refractivity contribution in [3.63, 3.8) is 0 Å². The molecule has 0 spiro atoms. The van der Waals surface area contributed by atoms with Gasteiger partial charge in [-0.15, -0.1) is 12.4 Å². The summed E-state index contributed by atoms with van der Waals surface area (Å²) in [5, 5.41) is 3.10. The van der Waals surface area contributed by atoms with E-state index in [9.17, 15) is 14.4 Å². The smallest absolute Gasteiger partial charge is 0.236 e. The Morgan fingerprint density at radius 1 is 0.889 bits per heavy atom. The quantitative estimate of drug-likeness (QED) is 0.756. The minimum Gasteiger partial charge on any atom is -0.340 e. The lowest BCUT2D eigenvalue weighted by Gasteiger charge is -2.41. The molecule has 2 unspecified atom stereocenters. The third kappa shape index (κ3) is 4.24. The van der Waals surface area contributed by atoms with Gasteiger partial charge in [-0.2, -0.15) is 0 Å². The van der Waals surface area contributed by atoms with Gasteiger partial charge < -0.3 is 20.0 Å². The fourth-order valence-electron chi connectivity index (χ4n) is 5.14. The molecule has 0 radical (unpaired) electrons. The molecule has 1 aliphatic carbocycles. The monoisotopic (exact) mass is 398 g/mol. The van der Waals surface area contributed by atoms with E-state index in [4.69, 9.17) is 0 Å². The molecule has 0 bridgehead atoms. The third-order valence-corrected chi connectivity index (χ3v) is 6.55. The third-order valence-electron chi connectivity index (χ3n) is 6.55. The van der Waals surface area contributed by atoms with Gasteiger partial charge in [-0.1, -0.05) is 12.8 Å². The van der Waals surface area contributed by atoms with E-state index in [-0.39, 0.29) is 42.1 Å². The highest BCUT2D eigenvalue weighted by Gasteiger charge is 2.41. The maximum atomic E-state index is 13.0. The summed E-state index contributed by atoms with van der Waals surface area (Å²) in [5.41, 5.74) is 0. The Bertz CT molecular complexity index is 581. The van der Waals surface area contributed by atoms with Crippen molar-refractivity contribution in [2.24, 2.45) is 5.92 Å². The molecular formula is C19H31ClN4O3. The number of hydrogen-bond acceptors (Lipinski definition) is 4. The lowest BCUT2D eigenvalue weighted by Crippen LogP contribution is -2.58. The zero-order valence-electron chi connectivity index (χ0n) is 15.9. The van der Waals surface area contributed by atoms with Crippen molar-refractivity contribution in [2.75, 3.05) is 39.3 Å². The van der Waals surface area contributed by atoms with Gasteiger partial charge in [0.1, 0.15) is 0 Å². The van der Waals surface area contributed by atoms with Crippen LogP contribution in [0, 0.1) is 5.92 Å². The Kier molecular flexibility index (Phi) is 6.63. The van der Waals surface area contributed by atoms with Crippen LogP contribution in [0.15, 0.2) is 0 Å². The van der Waals surface area contributed by atoms with E-state index in [0.29, 0.717) is 32.1 Å². The van der Waals surface area contributed by atoms with Crippen LogP contribution in [0.5, 0.6) is 0 Å². The average molecular weight is 399 g/mol. The van der Waals surface area contributed by atoms with Crippen LogP contribution < -0.4 is 5.32 Å². The number of piperidine rings is 1. The minimum absolute atomic E-state index is 0. The molecule has 0 aromatic heterocycles. The average Bonchev–Trinajstić information content (AvgIpc) is 3.31. The first-order chi connectivity index (χ1) is 12.6. The van der Waals surface area contributed by atoms with Gasteiger partial charge in [-0.05, 0) is 25.7 Å². The van der Waals surface area contributed by atoms with Crippen LogP contribution in [-0.4, -0.2) is 83.8 Å². The van der Waals surface area contributed by atoms with Gasteiger partial charge in [0.05, 0.1) is 12.5 Å². The second-order valence-electron chi connectivity index (χ2n) is 8.23. The van der Waals surface area contributed by atoms with Gasteiger partial charge >= 0.3 is 0 Å². The highest BCUT2D eigenvalue weighted by molar-refractivity contribution is 5.89. The van der Waals surface area contributed by atoms with Crippen LogP contribution in [0.4, 0.5) is 0 Å². The number of piperazine rings is 1. The predicted molar refractivity (Wildman–Crippen MR) is 104 cm³/mol. The molecule has 3 aliphatic heterocycles. The Hall–Kier alpha value is -1.34. The lowest BCUT2D eigenvalue weighted by molar-refractivity contribution is -0.142. The van der Waals surface area contributed by atoms with Gasteiger partial charge in [-0.25, -0.2) is 0 Å². The van der Waals surface area contributed by atoms with Crippen molar-refractivity contribution in [1.82, 2.24) is 20.0 Å². The van der Waals surface area contributed by atoms with Crippen LogP contribution in [0.25, 0.3) is 0 Å². The molecule has 7 nitrogen and oxygen atoms in total. The zero-order chi connectivity index (χ0) is 18.1. The predicted octanol–water partition coefficient (Wildman–Crippen LogP) is 0.622. The lowest BCUT2D eigenvalue weighted by atomic mass is 10.00. The molecule has 0 aromatic carbocycles. The summed E-state index contributed by atoms with van der Waals surface area (Å²) in [5.74, 6) is 0.215. The normalized spacial score (nSPS) is 30.0. The summed E-state index contributed by atoms with van der Waals surface area (Å²) in [6, 6.07) is 0.484. The molecule has 3 amide bonds. The fraction of sp³-hybridized carbons (Fsp3) is 0.842. The largest absolute Gasteiger partial charge is 0.340 e. The standard InChI is InChI=1S/C19H30N4O3.ClH/c24-17-10-14(12-23(17)15-4-1-2-5-15)19(26)21-8-3-6-16(13-21)22-9-7-20-11-18(22)25;/h14-16,20H,1-13H2;1H. The van der Waals surface area contributed by atoms with Crippen LogP contribution in [0.2, 0.25) is 0 Å². The van der Waals surface area contributed by atoms with E-state index in [1.807, 2.05) is 14.7 Å². The molecule has 3 heterocycles. The fourth-order valence-corrected chi connectivity index (χ4v) is 5.14. The zero-order valence-corrected chi connectivity index (χ0v) is 16.7. The first-order valence-corrected chi connectivity index (χ1v) is 10.2. The molecule has 1 N–H and O–H groups in total. The van der Waals surface area contributed by atoms with Crippen LogP contribution in [-0.2, 0) is 14.4 Å². The van der Waals surface area contributed by atoms with E-state index >= 15 is 0 Å². The topological polar surface area (TPSA) is 73.0 Å². The summed E-state index contributed by atoms with van der Waals surface area (Å²) in [6.07, 6.45) is 6.82. The van der Waals surface area contributed by atoms with Gasteiger partial charge in [-0.3, -0.25) is 14.4 Å². The molecular weight excluding hydrogens is 368 g/mol. The van der Waals surface area contributed by atoms with Crippen molar-refractivity contribution < 1.29 is 14.4 Å². The molecule has 2 atom stereocenters. The van der Waals surface area contributed by atoms with Gasteiger partial charge in [0, 0.05) is 51.2 Å². The number of carbonyl (C=O) groups is 3. The first kappa shape index (κ1) is 20.4. The molecule has 8 heteroatoms. The molecule has 3 saturated heterocycles. The Labute approximate surface area is 167 Å². The Balaban J connectivity index is 0.00000210. The molecule has 4 rings (SSSR count). The Morgan fingerprint density at radius 3 is 2.37 bits per heavy atom. The van der Waals surface area contributed by atoms with Gasteiger partial charge in [0.2, 0.25) is 17.7 Å².